The average molecular weight is 190 g/mol. The fourth-order valence-electron chi connectivity index (χ4n) is 2.32. The molecule has 0 amide bonds. The van der Waals surface area contributed by atoms with Gasteiger partial charge in [0.05, 0.1) is 6.10 Å². The molecule has 2 unspecified atom stereocenters. The molecule has 0 saturated carbocycles. The summed E-state index contributed by atoms with van der Waals surface area (Å²) in [5.41, 5.74) is 1.44. The van der Waals surface area contributed by atoms with E-state index in [0.717, 1.165) is 13.0 Å². The third kappa shape index (κ3) is 1.98. The molecule has 14 heavy (non-hydrogen) atoms. The molecule has 1 aromatic carbocycles. The monoisotopic (exact) mass is 190 g/mol. The van der Waals surface area contributed by atoms with Gasteiger partial charge in [-0.1, -0.05) is 37.3 Å². The maximum absolute atomic E-state index is 5.79. The Balaban J connectivity index is 2.15. The number of hydrogen-bond acceptors (Lipinski definition) is 1. The number of hydrogen-bond donors (Lipinski definition) is 0. The predicted octanol–water partition coefficient (Wildman–Crippen LogP) is 3.36. The van der Waals surface area contributed by atoms with Gasteiger partial charge in [-0.2, -0.15) is 0 Å². The van der Waals surface area contributed by atoms with Gasteiger partial charge in [0.1, 0.15) is 0 Å². The smallest absolute Gasteiger partial charge is 0.0640 e. The van der Waals surface area contributed by atoms with Crippen LogP contribution >= 0.6 is 0 Å². The Bertz CT molecular complexity index is 268. The van der Waals surface area contributed by atoms with Gasteiger partial charge in [0.25, 0.3) is 0 Å². The van der Waals surface area contributed by atoms with Gasteiger partial charge in [-0.05, 0) is 24.8 Å². The van der Waals surface area contributed by atoms with Crippen LogP contribution in [-0.4, -0.2) is 12.7 Å². The third-order valence-corrected chi connectivity index (χ3v) is 3.07. The molecule has 0 aliphatic carbocycles. The van der Waals surface area contributed by atoms with E-state index in [0.29, 0.717) is 12.0 Å². The molecular formula is C13H18O. The van der Waals surface area contributed by atoms with E-state index in [-0.39, 0.29) is 0 Å². The van der Waals surface area contributed by atoms with Gasteiger partial charge in [0.2, 0.25) is 0 Å². The molecule has 1 aromatic rings. The van der Waals surface area contributed by atoms with E-state index in [1.54, 1.807) is 0 Å². The highest BCUT2D eigenvalue weighted by molar-refractivity contribution is 5.21. The summed E-state index contributed by atoms with van der Waals surface area (Å²) in [5.74, 6) is 0.620. The lowest BCUT2D eigenvalue weighted by Gasteiger charge is -2.31. The minimum atomic E-state index is 0.436. The van der Waals surface area contributed by atoms with Gasteiger partial charge >= 0.3 is 0 Å². The van der Waals surface area contributed by atoms with Gasteiger partial charge in [0.15, 0.2) is 0 Å². The maximum Gasteiger partial charge on any atom is 0.0640 e. The fraction of sp³-hybridized carbons (Fsp3) is 0.538. The zero-order chi connectivity index (χ0) is 9.80. The lowest BCUT2D eigenvalue weighted by atomic mass is 9.86. The summed E-state index contributed by atoms with van der Waals surface area (Å²) < 4.78 is 5.79. The largest absolute Gasteiger partial charge is 0.378 e. The minimum absolute atomic E-state index is 0.436. The summed E-state index contributed by atoms with van der Waals surface area (Å²) in [4.78, 5) is 0. The average Bonchev–Trinajstić information content (AvgIpc) is 2.30. The maximum atomic E-state index is 5.79. The van der Waals surface area contributed by atoms with Gasteiger partial charge in [-0.15, -0.1) is 0 Å². The van der Waals surface area contributed by atoms with Crippen molar-refractivity contribution >= 4 is 0 Å². The molecule has 1 heterocycles. The highest BCUT2D eigenvalue weighted by atomic mass is 16.5. The van der Waals surface area contributed by atoms with Crippen LogP contribution in [-0.2, 0) is 4.74 Å². The van der Waals surface area contributed by atoms with Crippen molar-refractivity contribution < 1.29 is 4.74 Å². The Morgan fingerprint density at radius 3 is 2.79 bits per heavy atom. The van der Waals surface area contributed by atoms with E-state index in [2.05, 4.69) is 37.3 Å². The van der Waals surface area contributed by atoms with Crippen molar-refractivity contribution in [3.8, 4) is 0 Å². The Hall–Kier alpha value is -0.820. The minimum Gasteiger partial charge on any atom is -0.378 e. The van der Waals surface area contributed by atoms with Crippen molar-refractivity contribution in [1.82, 2.24) is 0 Å². The first-order valence-corrected chi connectivity index (χ1v) is 5.58. The molecule has 76 valence electrons. The SMILES string of the molecule is CCC1OCCCC1c1ccccc1. The molecule has 1 saturated heterocycles. The Kier molecular flexibility index (Phi) is 3.20. The highest BCUT2D eigenvalue weighted by Gasteiger charge is 2.25. The molecule has 1 nitrogen and oxygen atoms in total. The lowest BCUT2D eigenvalue weighted by Crippen LogP contribution is -2.27. The Morgan fingerprint density at radius 2 is 2.07 bits per heavy atom. The second-order valence-corrected chi connectivity index (χ2v) is 3.98. The molecule has 0 aromatic heterocycles. The van der Waals surface area contributed by atoms with Gasteiger partial charge in [-0.25, -0.2) is 0 Å². The normalized spacial score (nSPS) is 27.5. The van der Waals surface area contributed by atoms with E-state index >= 15 is 0 Å². The van der Waals surface area contributed by atoms with Crippen LogP contribution in [0.4, 0.5) is 0 Å². The third-order valence-electron chi connectivity index (χ3n) is 3.07. The van der Waals surface area contributed by atoms with E-state index < -0.39 is 0 Å². The fourth-order valence-corrected chi connectivity index (χ4v) is 2.32. The summed E-state index contributed by atoms with van der Waals surface area (Å²) in [6.45, 7) is 3.16. The summed E-state index contributed by atoms with van der Waals surface area (Å²) in [7, 11) is 0. The zero-order valence-corrected chi connectivity index (χ0v) is 8.78. The summed E-state index contributed by atoms with van der Waals surface area (Å²) in [5, 5.41) is 0. The van der Waals surface area contributed by atoms with Crippen molar-refractivity contribution in [2.45, 2.75) is 38.2 Å². The van der Waals surface area contributed by atoms with E-state index in [9.17, 15) is 0 Å². The topological polar surface area (TPSA) is 9.23 Å². The second kappa shape index (κ2) is 4.61. The highest BCUT2D eigenvalue weighted by Crippen LogP contribution is 2.32. The lowest BCUT2D eigenvalue weighted by molar-refractivity contribution is -0.00249. The Labute approximate surface area is 86.1 Å². The van der Waals surface area contributed by atoms with Gasteiger partial charge in [0, 0.05) is 12.5 Å². The van der Waals surface area contributed by atoms with E-state index in [1.807, 2.05) is 0 Å². The number of rotatable bonds is 2. The van der Waals surface area contributed by atoms with Crippen LogP contribution < -0.4 is 0 Å². The van der Waals surface area contributed by atoms with Crippen LogP contribution in [0.25, 0.3) is 0 Å². The molecular weight excluding hydrogens is 172 g/mol. The first kappa shape index (κ1) is 9.72. The molecule has 0 spiro atoms. The van der Waals surface area contributed by atoms with Gasteiger partial charge < -0.3 is 4.74 Å². The number of benzene rings is 1. The quantitative estimate of drug-likeness (QED) is 0.695. The summed E-state index contributed by atoms with van der Waals surface area (Å²) >= 11 is 0. The molecule has 0 N–H and O–H groups in total. The van der Waals surface area contributed by atoms with Gasteiger partial charge in [-0.3, -0.25) is 0 Å². The second-order valence-electron chi connectivity index (χ2n) is 3.98. The predicted molar refractivity (Wildman–Crippen MR) is 58.4 cm³/mol. The van der Waals surface area contributed by atoms with Crippen LogP contribution in [0.2, 0.25) is 0 Å². The molecule has 0 radical (unpaired) electrons. The van der Waals surface area contributed by atoms with Crippen LogP contribution in [0.15, 0.2) is 30.3 Å². The first-order valence-electron chi connectivity index (χ1n) is 5.58. The molecule has 1 aliphatic heterocycles. The van der Waals surface area contributed by atoms with Crippen LogP contribution in [0.1, 0.15) is 37.7 Å². The molecule has 2 atom stereocenters. The van der Waals surface area contributed by atoms with Crippen molar-refractivity contribution in [2.24, 2.45) is 0 Å². The van der Waals surface area contributed by atoms with E-state index in [1.165, 1.54) is 18.4 Å². The standard InChI is InChI=1S/C13H18O/c1-2-13-12(9-6-10-14-13)11-7-4-3-5-8-11/h3-5,7-8,12-13H,2,6,9-10H2,1H3. The number of ether oxygens (including phenoxy) is 1. The van der Waals surface area contributed by atoms with Crippen molar-refractivity contribution in [3.63, 3.8) is 0 Å². The van der Waals surface area contributed by atoms with Crippen LogP contribution in [0.3, 0.4) is 0 Å². The molecule has 1 heteroatoms. The summed E-state index contributed by atoms with van der Waals surface area (Å²) in [6.07, 6.45) is 4.05. The molecule has 1 fully saturated rings. The molecule has 1 aliphatic rings. The summed E-state index contributed by atoms with van der Waals surface area (Å²) in [6, 6.07) is 10.8. The first-order chi connectivity index (χ1) is 6.92. The Morgan fingerprint density at radius 1 is 1.29 bits per heavy atom. The van der Waals surface area contributed by atoms with Crippen LogP contribution in [0, 0.1) is 0 Å². The van der Waals surface area contributed by atoms with Crippen LogP contribution in [0.5, 0.6) is 0 Å². The zero-order valence-electron chi connectivity index (χ0n) is 8.78. The van der Waals surface area contributed by atoms with Crippen molar-refractivity contribution in [3.05, 3.63) is 35.9 Å². The molecule has 2 rings (SSSR count). The van der Waals surface area contributed by atoms with Crippen molar-refractivity contribution in [2.75, 3.05) is 6.61 Å². The van der Waals surface area contributed by atoms with E-state index in [4.69, 9.17) is 4.74 Å². The van der Waals surface area contributed by atoms with Crippen molar-refractivity contribution in [1.29, 1.82) is 0 Å². The molecule has 0 bridgehead atoms.